The molecule has 0 radical (unpaired) electrons. The molecule has 20 heteroatoms. The first-order valence-electron chi connectivity index (χ1n) is 27.0. The van der Waals surface area contributed by atoms with Crippen LogP contribution in [0.15, 0.2) is 69.8 Å². The highest BCUT2D eigenvalue weighted by atomic mass is 16.5. The van der Waals surface area contributed by atoms with Crippen LogP contribution in [0.4, 0.5) is 0 Å². The molecule has 80 heavy (non-hydrogen) atoms. The number of hydrogen-bond donors (Lipinski definition) is 4. The molecule has 2 aliphatic heterocycles. The van der Waals surface area contributed by atoms with Crippen molar-refractivity contribution in [3.63, 3.8) is 0 Å². The normalized spacial score (nSPS) is 17.0. The maximum atomic E-state index is 14.3. The van der Waals surface area contributed by atoms with Crippen molar-refractivity contribution in [1.82, 2.24) is 50.2 Å². The molecule has 2 saturated heterocycles. The van der Waals surface area contributed by atoms with Gasteiger partial charge in [0.2, 0.25) is 35.4 Å². The van der Waals surface area contributed by atoms with Gasteiger partial charge >= 0.3 is 11.9 Å². The molecule has 422 valence electrons. The third-order valence-corrected chi connectivity index (χ3v) is 14.9. The molecule has 8 rings (SSSR count). The Morgan fingerprint density at radius 3 is 1.35 bits per heavy atom. The number of para-hydroxylation sites is 2. The van der Waals surface area contributed by atoms with Gasteiger partial charge in [0.1, 0.15) is 24.2 Å². The first-order valence-corrected chi connectivity index (χ1v) is 27.0. The average Bonchev–Trinajstić information content (AvgIpc) is 4.42. The average molecular weight is 1090 g/mol. The summed E-state index contributed by atoms with van der Waals surface area (Å²) in [5.74, 6) is 10.5. The number of rotatable bonds is 16. The molecule has 0 unspecified atom stereocenters. The third kappa shape index (κ3) is 11.9. The fraction of sp³-hybridized carbons (Fsp3) is 0.467. The molecule has 0 aliphatic carbocycles. The van der Waals surface area contributed by atoms with Crippen molar-refractivity contribution in [3.05, 3.63) is 84.1 Å². The van der Waals surface area contributed by atoms with Crippen LogP contribution in [0.3, 0.4) is 0 Å². The quantitative estimate of drug-likeness (QED) is 0.0577. The van der Waals surface area contributed by atoms with Crippen molar-refractivity contribution in [1.29, 1.82) is 0 Å². The Morgan fingerprint density at radius 2 is 1.00 bits per heavy atom. The van der Waals surface area contributed by atoms with E-state index in [1.807, 2.05) is 112 Å². The van der Waals surface area contributed by atoms with Crippen LogP contribution in [0.5, 0.6) is 0 Å². The van der Waals surface area contributed by atoms with Crippen LogP contribution in [0.25, 0.3) is 44.5 Å². The number of likely N-dealkylation sites (tertiary alicyclic amines) is 2. The van der Waals surface area contributed by atoms with Crippen molar-refractivity contribution in [2.75, 3.05) is 41.4 Å². The lowest BCUT2D eigenvalue weighted by molar-refractivity contribution is -0.141. The molecule has 6 aromatic rings. The van der Waals surface area contributed by atoms with Crippen LogP contribution in [-0.4, -0.2) is 130 Å². The van der Waals surface area contributed by atoms with Crippen molar-refractivity contribution in [2.24, 2.45) is 10.8 Å². The van der Waals surface area contributed by atoms with E-state index >= 15 is 0 Å². The molecule has 2 aromatic carbocycles. The minimum absolute atomic E-state index is 0.0312. The number of esters is 2. The molecule has 2 aliphatic rings. The van der Waals surface area contributed by atoms with Gasteiger partial charge in [-0.3, -0.25) is 19.2 Å². The Morgan fingerprint density at radius 1 is 0.625 bits per heavy atom. The van der Waals surface area contributed by atoms with E-state index in [0.717, 1.165) is 21.8 Å². The second-order valence-corrected chi connectivity index (χ2v) is 22.4. The van der Waals surface area contributed by atoms with Gasteiger partial charge in [-0.2, -0.15) is 0 Å². The molecular weight excluding hydrogens is 1020 g/mol. The summed E-state index contributed by atoms with van der Waals surface area (Å²) in [6.07, 6.45) is 6.08. The predicted molar refractivity (Wildman–Crippen MR) is 300 cm³/mol. The van der Waals surface area contributed by atoms with Gasteiger partial charge in [0.05, 0.1) is 39.4 Å². The van der Waals surface area contributed by atoms with E-state index in [4.69, 9.17) is 28.3 Å². The summed E-state index contributed by atoms with van der Waals surface area (Å²) in [6.45, 7) is 16.1. The minimum Gasteiger partial charge on any atom is -0.464 e. The van der Waals surface area contributed by atoms with E-state index in [1.165, 1.54) is 14.2 Å². The van der Waals surface area contributed by atoms with E-state index in [2.05, 4.69) is 44.9 Å². The van der Waals surface area contributed by atoms with Gasteiger partial charge in [0.15, 0.2) is 22.9 Å². The number of oxazole rings is 2. The van der Waals surface area contributed by atoms with Crippen LogP contribution in [-0.2, 0) is 41.7 Å². The highest BCUT2D eigenvalue weighted by Crippen LogP contribution is 2.42. The number of carbonyl (C=O) groups excluding carboxylic acids is 6. The number of nitrogens with one attached hydrogen (secondary N) is 4. The first-order chi connectivity index (χ1) is 38.1. The molecular formula is C60H72N10O10. The zero-order valence-corrected chi connectivity index (χ0v) is 47.7. The molecule has 4 N–H and O–H groups in total. The number of carbonyl (C=O) groups is 6. The van der Waals surface area contributed by atoms with Crippen molar-refractivity contribution < 1.29 is 47.1 Å². The smallest absolute Gasteiger partial charge is 0.360 e. The summed E-state index contributed by atoms with van der Waals surface area (Å²) in [6, 6.07) is 11.4. The highest BCUT2D eigenvalue weighted by molar-refractivity contribution is 6.03. The Labute approximate surface area is 466 Å². The lowest BCUT2D eigenvalue weighted by Gasteiger charge is -2.35. The molecule has 0 bridgehead atoms. The molecule has 0 spiro atoms. The summed E-state index contributed by atoms with van der Waals surface area (Å²) in [7, 11) is 5.91. The molecule has 4 aromatic heterocycles. The Bertz CT molecular complexity index is 3230. The highest BCUT2D eigenvalue weighted by Gasteiger charge is 2.45. The van der Waals surface area contributed by atoms with Gasteiger partial charge in [-0.05, 0) is 88.4 Å². The number of likely N-dealkylation sites (N-methyl/N-ethyl adjacent to an activating group) is 2. The van der Waals surface area contributed by atoms with E-state index in [0.29, 0.717) is 49.9 Å². The zero-order valence-electron chi connectivity index (χ0n) is 47.7. The lowest BCUT2D eigenvalue weighted by atomic mass is 9.85. The first kappa shape index (κ1) is 58.0. The maximum Gasteiger partial charge on any atom is 0.360 e. The van der Waals surface area contributed by atoms with Crippen molar-refractivity contribution in [3.8, 4) is 46.3 Å². The number of fused-ring (bicyclic) bond motifs is 2. The summed E-state index contributed by atoms with van der Waals surface area (Å²) in [4.78, 5) is 94.3. The molecule has 0 saturated carbocycles. The maximum absolute atomic E-state index is 14.3. The SMILES string of the molecule is CN[C@@H](C)C(=O)N[C@H](C(=O)N1CCC[C@H]1c1nc(C(=O)OC)c(-c2cn(CC#CC#CCn3cc(-c4oc([C@@H]5CCCN5C(=O)[C@@H](NC(=O)[C@H](C)NC)C(C)(C)C)nc4C(=O)OC)c4ccccc43)c3ccccc23)o1)C(C)(C)C. The monoisotopic (exact) mass is 1090 g/mol. The number of nitrogens with zero attached hydrogens (tertiary/aromatic N) is 6. The van der Waals surface area contributed by atoms with Gasteiger partial charge in [-0.25, -0.2) is 19.6 Å². The Kier molecular flexibility index (Phi) is 17.4. The van der Waals surface area contributed by atoms with E-state index in [1.54, 1.807) is 37.7 Å². The molecule has 20 nitrogen and oxygen atoms in total. The summed E-state index contributed by atoms with van der Waals surface area (Å²) in [5.41, 5.74) is 1.49. The fourth-order valence-electron chi connectivity index (χ4n) is 10.2. The van der Waals surface area contributed by atoms with Crippen LogP contribution in [0.1, 0.15) is 126 Å². The standard InChI is InChI=1S/C60H72N10O10/c1-35(61-9)51(71)65-49(59(3,4)5)55(73)69-31-21-27-43(69)53-63-45(57(75)77-11)47(79-53)39-33-67(41-25-17-15-23-37(39)41)29-19-13-14-20-30-68-34-40(38-24-16-18-26-42(38)68)48-46(58(76)78-12)64-54(80-48)44-28-22-32-70(44)56(74)50(60(6,7)8)66-52(72)36(2)62-10/h15-18,23-26,33-36,43-44,49-50,61-62H,21-22,27-32H2,1-12H3,(H,65,71)(H,66,72)/t35-,36-,43-,44-,49+,50+/m0/s1. The van der Waals surface area contributed by atoms with Gasteiger partial charge in [-0.15, -0.1) is 0 Å². The second kappa shape index (κ2) is 24.0. The molecule has 2 fully saturated rings. The van der Waals surface area contributed by atoms with Crippen LogP contribution >= 0.6 is 0 Å². The number of methoxy groups -OCH3 is 2. The molecule has 4 amide bonds. The van der Waals surface area contributed by atoms with E-state index < -0.39 is 59.0 Å². The molecule has 6 heterocycles. The number of ether oxygens (including phenoxy) is 2. The van der Waals surface area contributed by atoms with Crippen molar-refractivity contribution in [2.45, 2.75) is 130 Å². The summed E-state index contributed by atoms with van der Waals surface area (Å²) < 4.78 is 27.3. The minimum atomic E-state index is -0.840. The van der Waals surface area contributed by atoms with Crippen LogP contribution in [0.2, 0.25) is 0 Å². The van der Waals surface area contributed by atoms with Gasteiger partial charge < -0.3 is 58.5 Å². The number of hydrogen-bond acceptors (Lipinski definition) is 14. The molecule has 6 atom stereocenters. The Hall–Kier alpha value is -8.20. The van der Waals surface area contributed by atoms with Gasteiger partial charge in [0.25, 0.3) is 0 Å². The summed E-state index contributed by atoms with van der Waals surface area (Å²) >= 11 is 0. The van der Waals surface area contributed by atoms with Gasteiger partial charge in [-0.1, -0.05) is 89.8 Å². The van der Waals surface area contributed by atoms with E-state index in [9.17, 15) is 28.8 Å². The zero-order chi connectivity index (χ0) is 57.8. The van der Waals surface area contributed by atoms with Gasteiger partial charge in [0, 0.05) is 58.4 Å². The second-order valence-electron chi connectivity index (χ2n) is 22.4. The van der Waals surface area contributed by atoms with Crippen LogP contribution < -0.4 is 21.3 Å². The van der Waals surface area contributed by atoms with E-state index in [-0.39, 0.29) is 71.4 Å². The van der Waals surface area contributed by atoms with Crippen LogP contribution in [0, 0.1) is 34.5 Å². The largest absolute Gasteiger partial charge is 0.464 e. The Balaban J connectivity index is 1.04. The number of aromatic nitrogens is 4. The fourth-order valence-corrected chi connectivity index (χ4v) is 10.2. The van der Waals surface area contributed by atoms with Crippen molar-refractivity contribution >= 4 is 57.4 Å². The third-order valence-electron chi connectivity index (χ3n) is 14.9. The topological polar surface area (TPSA) is 237 Å². The number of benzene rings is 2. The number of amides is 4. The lowest BCUT2D eigenvalue weighted by Crippen LogP contribution is -2.57. The summed E-state index contributed by atoms with van der Waals surface area (Å²) in [5, 5.41) is 13.3. The predicted octanol–water partition coefficient (Wildman–Crippen LogP) is 6.79.